The number of carbonyl (C=O) groups is 1. The van der Waals surface area contributed by atoms with Crippen molar-refractivity contribution in [3.05, 3.63) is 60.2 Å². The average molecular weight is 396 g/mol. The standard InChI is InChI=1S/C21H21FN4O3/c1-28-18-5-3-2-4-17(18)23-21(27)26-12-10-15(11-13-26)20-25-24-19(29-20)14-6-8-16(22)9-7-14/h2-9,15H,10-13H2,1H3,(H,23,27). The first-order valence-electron chi connectivity index (χ1n) is 9.42. The number of carbonyl (C=O) groups excluding carboxylic acids is 1. The number of hydrogen-bond donors (Lipinski definition) is 1. The first kappa shape index (κ1) is 18.9. The van der Waals surface area contributed by atoms with Crippen LogP contribution in [-0.4, -0.2) is 41.3 Å². The normalized spacial score (nSPS) is 14.6. The van der Waals surface area contributed by atoms with Crippen LogP contribution < -0.4 is 10.1 Å². The summed E-state index contributed by atoms with van der Waals surface area (Å²) in [5, 5.41) is 11.1. The summed E-state index contributed by atoms with van der Waals surface area (Å²) in [5.41, 5.74) is 1.32. The van der Waals surface area contributed by atoms with E-state index < -0.39 is 0 Å². The maximum Gasteiger partial charge on any atom is 0.321 e. The fourth-order valence-corrected chi connectivity index (χ4v) is 3.38. The van der Waals surface area contributed by atoms with E-state index in [1.807, 2.05) is 12.1 Å². The predicted octanol–water partition coefficient (Wildman–Crippen LogP) is 4.30. The van der Waals surface area contributed by atoms with Crippen LogP contribution in [0.1, 0.15) is 24.7 Å². The molecule has 0 aliphatic carbocycles. The molecule has 1 aromatic heterocycles. The number of rotatable bonds is 4. The van der Waals surface area contributed by atoms with Crippen LogP contribution in [0.2, 0.25) is 0 Å². The third-order valence-corrected chi connectivity index (χ3v) is 5.01. The molecule has 0 spiro atoms. The summed E-state index contributed by atoms with van der Waals surface area (Å²) in [5.74, 6) is 1.32. The molecule has 2 amide bonds. The predicted molar refractivity (Wildman–Crippen MR) is 105 cm³/mol. The van der Waals surface area contributed by atoms with E-state index in [4.69, 9.17) is 9.15 Å². The van der Waals surface area contributed by atoms with Crippen molar-refractivity contribution >= 4 is 11.7 Å². The number of aromatic nitrogens is 2. The van der Waals surface area contributed by atoms with E-state index in [0.29, 0.717) is 41.9 Å². The molecule has 2 heterocycles. The number of benzene rings is 2. The van der Waals surface area contributed by atoms with Crippen LogP contribution in [-0.2, 0) is 0 Å². The summed E-state index contributed by atoms with van der Waals surface area (Å²) in [7, 11) is 1.57. The molecule has 7 nitrogen and oxygen atoms in total. The van der Waals surface area contributed by atoms with Gasteiger partial charge >= 0.3 is 6.03 Å². The van der Waals surface area contributed by atoms with Gasteiger partial charge in [-0.05, 0) is 49.2 Å². The SMILES string of the molecule is COc1ccccc1NC(=O)N1CCC(c2nnc(-c3ccc(F)cc3)o2)CC1. The summed E-state index contributed by atoms with van der Waals surface area (Å²) in [6.07, 6.45) is 1.45. The Kier molecular flexibility index (Phi) is 5.41. The van der Waals surface area contributed by atoms with Gasteiger partial charge in [0, 0.05) is 24.6 Å². The Balaban J connectivity index is 1.36. The van der Waals surface area contributed by atoms with Gasteiger partial charge in [-0.3, -0.25) is 0 Å². The van der Waals surface area contributed by atoms with Crippen molar-refractivity contribution in [2.45, 2.75) is 18.8 Å². The first-order valence-corrected chi connectivity index (χ1v) is 9.42. The summed E-state index contributed by atoms with van der Waals surface area (Å²) in [4.78, 5) is 14.3. The number of nitrogens with one attached hydrogen (secondary N) is 1. The third kappa shape index (κ3) is 4.21. The largest absolute Gasteiger partial charge is 0.495 e. The first-order chi connectivity index (χ1) is 14.1. The molecule has 1 saturated heterocycles. The lowest BCUT2D eigenvalue weighted by molar-refractivity contribution is 0.190. The smallest absolute Gasteiger partial charge is 0.321 e. The number of para-hydroxylation sites is 2. The third-order valence-electron chi connectivity index (χ3n) is 5.01. The molecule has 0 unspecified atom stereocenters. The highest BCUT2D eigenvalue weighted by Gasteiger charge is 2.28. The highest BCUT2D eigenvalue weighted by atomic mass is 19.1. The second kappa shape index (κ2) is 8.30. The van der Waals surface area contributed by atoms with E-state index in [1.165, 1.54) is 12.1 Å². The number of anilines is 1. The van der Waals surface area contributed by atoms with Gasteiger partial charge in [0.25, 0.3) is 0 Å². The van der Waals surface area contributed by atoms with Crippen molar-refractivity contribution in [1.29, 1.82) is 0 Å². The zero-order valence-corrected chi connectivity index (χ0v) is 16.0. The molecule has 1 aliphatic rings. The molecule has 0 atom stereocenters. The molecule has 1 fully saturated rings. The van der Waals surface area contributed by atoms with Crippen molar-refractivity contribution in [2.24, 2.45) is 0 Å². The Bertz CT molecular complexity index is 982. The fraction of sp³-hybridized carbons (Fsp3) is 0.286. The molecule has 150 valence electrons. The second-order valence-corrected chi connectivity index (χ2v) is 6.84. The Morgan fingerprint density at radius 1 is 1.14 bits per heavy atom. The van der Waals surface area contributed by atoms with E-state index in [2.05, 4.69) is 15.5 Å². The lowest BCUT2D eigenvalue weighted by atomic mass is 9.97. The van der Waals surface area contributed by atoms with Gasteiger partial charge in [-0.2, -0.15) is 0 Å². The van der Waals surface area contributed by atoms with Crippen molar-refractivity contribution in [3.63, 3.8) is 0 Å². The molecule has 0 radical (unpaired) electrons. The fourth-order valence-electron chi connectivity index (χ4n) is 3.38. The lowest BCUT2D eigenvalue weighted by Crippen LogP contribution is -2.40. The quantitative estimate of drug-likeness (QED) is 0.711. The van der Waals surface area contributed by atoms with Crippen molar-refractivity contribution < 1.29 is 18.3 Å². The minimum Gasteiger partial charge on any atom is -0.495 e. The van der Waals surface area contributed by atoms with Gasteiger partial charge in [0.05, 0.1) is 12.8 Å². The Morgan fingerprint density at radius 2 is 1.86 bits per heavy atom. The van der Waals surface area contributed by atoms with Crippen LogP contribution in [0.3, 0.4) is 0 Å². The van der Waals surface area contributed by atoms with Gasteiger partial charge in [-0.15, -0.1) is 10.2 Å². The number of nitrogens with zero attached hydrogens (tertiary/aromatic N) is 3. The molecule has 8 heteroatoms. The Hall–Kier alpha value is -3.42. The van der Waals surface area contributed by atoms with Gasteiger partial charge in [0.1, 0.15) is 11.6 Å². The van der Waals surface area contributed by atoms with Crippen molar-refractivity contribution in [2.75, 3.05) is 25.5 Å². The molecule has 3 aromatic rings. The monoisotopic (exact) mass is 396 g/mol. The minimum absolute atomic E-state index is 0.0898. The summed E-state index contributed by atoms with van der Waals surface area (Å²) in [6.45, 7) is 1.17. The zero-order chi connectivity index (χ0) is 20.2. The van der Waals surface area contributed by atoms with Crippen LogP contribution in [0.5, 0.6) is 5.75 Å². The maximum atomic E-state index is 13.1. The van der Waals surface area contributed by atoms with Gasteiger partial charge in [0.2, 0.25) is 11.8 Å². The van der Waals surface area contributed by atoms with Gasteiger partial charge in [-0.1, -0.05) is 12.1 Å². The van der Waals surface area contributed by atoms with E-state index >= 15 is 0 Å². The van der Waals surface area contributed by atoms with Crippen LogP contribution in [0.15, 0.2) is 52.9 Å². The van der Waals surface area contributed by atoms with E-state index in [9.17, 15) is 9.18 Å². The minimum atomic E-state index is -0.313. The van der Waals surface area contributed by atoms with E-state index in [-0.39, 0.29) is 17.8 Å². The number of halogens is 1. The van der Waals surface area contributed by atoms with Crippen LogP contribution >= 0.6 is 0 Å². The molecule has 0 bridgehead atoms. The number of ether oxygens (including phenoxy) is 1. The number of piperidine rings is 1. The molecule has 29 heavy (non-hydrogen) atoms. The Labute approximate surface area is 167 Å². The van der Waals surface area contributed by atoms with Gasteiger partial charge < -0.3 is 19.4 Å². The summed E-state index contributed by atoms with van der Waals surface area (Å²) in [6, 6.07) is 13.1. The summed E-state index contributed by atoms with van der Waals surface area (Å²) < 4.78 is 24.1. The number of amides is 2. The molecule has 2 aromatic carbocycles. The molecular weight excluding hydrogens is 375 g/mol. The maximum absolute atomic E-state index is 13.1. The number of likely N-dealkylation sites (tertiary alicyclic amines) is 1. The molecule has 0 saturated carbocycles. The van der Waals surface area contributed by atoms with Crippen molar-refractivity contribution in [1.82, 2.24) is 15.1 Å². The van der Waals surface area contributed by atoms with E-state index in [1.54, 1.807) is 36.3 Å². The molecular formula is C21H21FN4O3. The van der Waals surface area contributed by atoms with Gasteiger partial charge in [-0.25, -0.2) is 9.18 Å². The highest BCUT2D eigenvalue weighted by molar-refractivity contribution is 5.91. The van der Waals surface area contributed by atoms with Crippen LogP contribution in [0.25, 0.3) is 11.5 Å². The number of methoxy groups -OCH3 is 1. The molecule has 4 rings (SSSR count). The van der Waals surface area contributed by atoms with Crippen molar-refractivity contribution in [3.8, 4) is 17.2 Å². The zero-order valence-electron chi connectivity index (χ0n) is 16.0. The molecule has 1 aliphatic heterocycles. The highest BCUT2D eigenvalue weighted by Crippen LogP contribution is 2.30. The van der Waals surface area contributed by atoms with E-state index in [0.717, 1.165) is 12.8 Å². The second-order valence-electron chi connectivity index (χ2n) is 6.84. The Morgan fingerprint density at radius 3 is 2.59 bits per heavy atom. The number of hydrogen-bond acceptors (Lipinski definition) is 5. The topological polar surface area (TPSA) is 80.5 Å². The van der Waals surface area contributed by atoms with Crippen LogP contribution in [0, 0.1) is 5.82 Å². The number of urea groups is 1. The average Bonchev–Trinajstić information content (AvgIpc) is 3.25. The molecule has 1 N–H and O–H groups in total. The lowest BCUT2D eigenvalue weighted by Gasteiger charge is -2.30. The summed E-state index contributed by atoms with van der Waals surface area (Å²) >= 11 is 0. The van der Waals surface area contributed by atoms with Crippen LogP contribution in [0.4, 0.5) is 14.9 Å². The van der Waals surface area contributed by atoms with Gasteiger partial charge in [0.15, 0.2) is 0 Å².